The highest BCUT2D eigenvalue weighted by atomic mass is 19.1. The highest BCUT2D eigenvalue weighted by Gasteiger charge is 2.20. The maximum absolute atomic E-state index is 12.9. The Kier molecular flexibility index (Phi) is 4.33. The van der Waals surface area contributed by atoms with Crippen LogP contribution in [0.2, 0.25) is 0 Å². The van der Waals surface area contributed by atoms with Gasteiger partial charge in [-0.2, -0.15) is 0 Å². The molecule has 0 aliphatic carbocycles. The van der Waals surface area contributed by atoms with Crippen molar-refractivity contribution >= 4 is 5.97 Å². The van der Waals surface area contributed by atoms with E-state index in [0.717, 1.165) is 0 Å². The minimum absolute atomic E-state index is 0.102. The van der Waals surface area contributed by atoms with Crippen molar-refractivity contribution < 1.29 is 22.7 Å². The lowest BCUT2D eigenvalue weighted by Gasteiger charge is -2.09. The first-order chi connectivity index (χ1) is 11.5. The average Bonchev–Trinajstić information content (AvgIpc) is 3.06. The largest absolute Gasteiger partial charge is 0.449 e. The Bertz CT molecular complexity index is 845. The molecule has 0 bridgehead atoms. The molecule has 0 aliphatic rings. The molecule has 0 fully saturated rings. The molecule has 24 heavy (non-hydrogen) atoms. The summed E-state index contributed by atoms with van der Waals surface area (Å²) in [5.41, 5.74) is 0.758. The Morgan fingerprint density at radius 3 is 2.21 bits per heavy atom. The highest BCUT2D eigenvalue weighted by Crippen LogP contribution is 2.23. The van der Waals surface area contributed by atoms with Gasteiger partial charge in [0.15, 0.2) is 6.10 Å². The van der Waals surface area contributed by atoms with Crippen molar-refractivity contribution in [3.8, 4) is 11.5 Å². The Morgan fingerprint density at radius 1 is 1.00 bits per heavy atom. The molecular weight excluding hydrogens is 318 g/mol. The van der Waals surface area contributed by atoms with Crippen LogP contribution in [-0.4, -0.2) is 16.2 Å². The normalized spacial score (nSPS) is 12.0. The van der Waals surface area contributed by atoms with Crippen molar-refractivity contribution in [2.75, 3.05) is 0 Å². The Balaban J connectivity index is 1.71. The van der Waals surface area contributed by atoms with E-state index >= 15 is 0 Å². The molecule has 1 heterocycles. The fraction of sp³-hybridized carbons (Fsp3) is 0.118. The summed E-state index contributed by atoms with van der Waals surface area (Å²) in [4.78, 5) is 12.0. The van der Waals surface area contributed by atoms with Crippen molar-refractivity contribution in [1.82, 2.24) is 10.2 Å². The van der Waals surface area contributed by atoms with Crippen molar-refractivity contribution in [3.63, 3.8) is 0 Å². The first-order valence-electron chi connectivity index (χ1n) is 7.09. The second-order valence-electron chi connectivity index (χ2n) is 5.01. The van der Waals surface area contributed by atoms with Crippen molar-refractivity contribution in [1.29, 1.82) is 0 Å². The van der Waals surface area contributed by atoms with E-state index in [0.29, 0.717) is 5.56 Å². The van der Waals surface area contributed by atoms with Gasteiger partial charge in [-0.1, -0.05) is 0 Å². The van der Waals surface area contributed by atoms with E-state index in [1.165, 1.54) is 48.5 Å². The van der Waals surface area contributed by atoms with Gasteiger partial charge >= 0.3 is 5.97 Å². The Morgan fingerprint density at radius 2 is 1.58 bits per heavy atom. The number of carbonyl (C=O) groups is 1. The van der Waals surface area contributed by atoms with Gasteiger partial charge in [-0.3, -0.25) is 0 Å². The second-order valence-corrected chi connectivity index (χ2v) is 5.01. The molecule has 0 saturated carbocycles. The molecule has 0 radical (unpaired) electrons. The number of esters is 1. The molecule has 0 N–H and O–H groups in total. The van der Waals surface area contributed by atoms with E-state index in [-0.39, 0.29) is 23.2 Å². The molecule has 0 unspecified atom stereocenters. The molecule has 0 saturated heterocycles. The number of hydrogen-bond donors (Lipinski definition) is 0. The lowest BCUT2D eigenvalue weighted by atomic mass is 10.2. The molecule has 3 rings (SSSR count). The van der Waals surface area contributed by atoms with Gasteiger partial charge in [0.05, 0.1) is 5.56 Å². The van der Waals surface area contributed by atoms with Crippen LogP contribution < -0.4 is 0 Å². The summed E-state index contributed by atoms with van der Waals surface area (Å²) in [5.74, 6) is -1.16. The van der Waals surface area contributed by atoms with E-state index in [1.807, 2.05) is 0 Å². The first kappa shape index (κ1) is 15.8. The molecule has 0 spiro atoms. The molecule has 7 heteroatoms. The van der Waals surface area contributed by atoms with Crippen molar-refractivity contribution in [2.45, 2.75) is 13.0 Å². The number of carbonyl (C=O) groups excluding carboxylic acids is 1. The summed E-state index contributed by atoms with van der Waals surface area (Å²) in [6, 6.07) is 10.5. The van der Waals surface area contributed by atoms with Crippen LogP contribution >= 0.6 is 0 Å². The minimum atomic E-state index is -0.788. The van der Waals surface area contributed by atoms with E-state index in [9.17, 15) is 13.6 Å². The van der Waals surface area contributed by atoms with Gasteiger partial charge in [0.25, 0.3) is 5.89 Å². The van der Waals surface area contributed by atoms with Crippen LogP contribution in [0.25, 0.3) is 11.5 Å². The molecule has 1 aromatic heterocycles. The van der Waals surface area contributed by atoms with Gasteiger partial charge in [-0.05, 0) is 55.5 Å². The zero-order valence-electron chi connectivity index (χ0n) is 12.6. The molecule has 0 aliphatic heterocycles. The maximum Gasteiger partial charge on any atom is 0.338 e. The van der Waals surface area contributed by atoms with E-state index in [4.69, 9.17) is 9.15 Å². The SMILES string of the molecule is C[C@H](OC(=O)c1ccc(F)cc1)c1nnc(-c2ccc(F)cc2)o1. The topological polar surface area (TPSA) is 65.2 Å². The second kappa shape index (κ2) is 6.57. The van der Waals surface area contributed by atoms with Gasteiger partial charge < -0.3 is 9.15 Å². The highest BCUT2D eigenvalue weighted by molar-refractivity contribution is 5.89. The summed E-state index contributed by atoms with van der Waals surface area (Å²) in [6.45, 7) is 1.57. The number of benzene rings is 2. The zero-order chi connectivity index (χ0) is 17.1. The maximum atomic E-state index is 12.9. The van der Waals surface area contributed by atoms with Gasteiger partial charge in [-0.15, -0.1) is 10.2 Å². The monoisotopic (exact) mass is 330 g/mol. The van der Waals surface area contributed by atoms with Crippen LogP contribution in [0.1, 0.15) is 29.3 Å². The van der Waals surface area contributed by atoms with Crippen LogP contribution in [0.15, 0.2) is 52.9 Å². The molecule has 3 aromatic rings. The minimum Gasteiger partial charge on any atom is -0.449 e. The predicted octanol–water partition coefficient (Wildman–Crippen LogP) is 3.93. The van der Waals surface area contributed by atoms with Gasteiger partial charge in [-0.25, -0.2) is 13.6 Å². The number of halogens is 2. The van der Waals surface area contributed by atoms with E-state index in [2.05, 4.69) is 10.2 Å². The smallest absolute Gasteiger partial charge is 0.338 e. The first-order valence-corrected chi connectivity index (χ1v) is 7.09. The van der Waals surface area contributed by atoms with Crippen LogP contribution in [0.4, 0.5) is 8.78 Å². The number of nitrogens with zero attached hydrogens (tertiary/aromatic N) is 2. The fourth-order valence-corrected chi connectivity index (χ4v) is 1.97. The number of ether oxygens (including phenoxy) is 1. The fourth-order valence-electron chi connectivity index (χ4n) is 1.97. The Labute approximate surface area is 135 Å². The molecule has 122 valence electrons. The van der Waals surface area contributed by atoms with Crippen LogP contribution in [0.3, 0.4) is 0 Å². The van der Waals surface area contributed by atoms with E-state index in [1.54, 1.807) is 6.92 Å². The third-order valence-corrected chi connectivity index (χ3v) is 3.24. The van der Waals surface area contributed by atoms with Gasteiger partial charge in [0, 0.05) is 5.56 Å². The third kappa shape index (κ3) is 3.45. The summed E-state index contributed by atoms with van der Waals surface area (Å²) in [5, 5.41) is 7.68. The van der Waals surface area contributed by atoms with Crippen molar-refractivity contribution in [2.24, 2.45) is 0 Å². The number of aromatic nitrogens is 2. The molecule has 2 aromatic carbocycles. The summed E-state index contributed by atoms with van der Waals surface area (Å²) in [6.07, 6.45) is -0.788. The van der Waals surface area contributed by atoms with Crippen LogP contribution in [-0.2, 0) is 4.74 Å². The van der Waals surface area contributed by atoms with Crippen molar-refractivity contribution in [3.05, 3.63) is 71.6 Å². The number of rotatable bonds is 4. The summed E-state index contributed by atoms with van der Waals surface area (Å²) in [7, 11) is 0. The molecule has 1 atom stereocenters. The molecule has 5 nitrogen and oxygen atoms in total. The lowest BCUT2D eigenvalue weighted by molar-refractivity contribution is 0.0280. The van der Waals surface area contributed by atoms with Gasteiger partial charge in [0.1, 0.15) is 11.6 Å². The third-order valence-electron chi connectivity index (χ3n) is 3.24. The lowest BCUT2D eigenvalue weighted by Crippen LogP contribution is -2.09. The molecular formula is C17H12F2N2O3. The zero-order valence-corrected chi connectivity index (χ0v) is 12.6. The molecule has 0 amide bonds. The van der Waals surface area contributed by atoms with Crippen LogP contribution in [0.5, 0.6) is 0 Å². The summed E-state index contributed by atoms with van der Waals surface area (Å²) < 4.78 is 36.4. The average molecular weight is 330 g/mol. The van der Waals surface area contributed by atoms with Crippen LogP contribution in [0, 0.1) is 11.6 Å². The predicted molar refractivity (Wildman–Crippen MR) is 79.9 cm³/mol. The standard InChI is InChI=1S/C17H12F2N2O3/c1-10(23-17(22)12-4-8-14(19)9-5-12)15-20-21-16(24-15)11-2-6-13(18)7-3-11/h2-10H,1H3/t10-/m0/s1. The van der Waals surface area contributed by atoms with Gasteiger partial charge in [0.2, 0.25) is 5.89 Å². The summed E-state index contributed by atoms with van der Waals surface area (Å²) >= 11 is 0. The number of hydrogen-bond acceptors (Lipinski definition) is 5. The quantitative estimate of drug-likeness (QED) is 0.678. The van der Waals surface area contributed by atoms with E-state index < -0.39 is 17.9 Å². The Hall–Kier alpha value is -3.09.